The largest absolute Gasteiger partial charge is 0.341 e. The summed E-state index contributed by atoms with van der Waals surface area (Å²) in [6.45, 7) is 0.304. The minimum absolute atomic E-state index is 0.205. The van der Waals surface area contributed by atoms with Crippen LogP contribution in [0.2, 0.25) is 0 Å². The predicted octanol–water partition coefficient (Wildman–Crippen LogP) is -0.868. The zero-order chi connectivity index (χ0) is 8.97. The molecule has 0 saturated heterocycles. The van der Waals surface area contributed by atoms with Crippen LogP contribution in [0.5, 0.6) is 0 Å². The van der Waals surface area contributed by atoms with Crippen molar-refractivity contribution in [1.29, 1.82) is 0 Å². The fourth-order valence-electron chi connectivity index (χ4n) is 0.731. The van der Waals surface area contributed by atoms with Gasteiger partial charge in [-0.3, -0.25) is 9.89 Å². The van der Waals surface area contributed by atoms with E-state index in [1.807, 2.05) is 0 Å². The fourth-order valence-corrected chi connectivity index (χ4v) is 0.731. The molecule has 2 amide bonds. The van der Waals surface area contributed by atoms with Crippen LogP contribution in [0.25, 0.3) is 0 Å². The Morgan fingerprint density at radius 2 is 2.33 bits per heavy atom. The number of hydrogen-bond donors (Lipinski definition) is 4. The summed E-state index contributed by atoms with van der Waals surface area (Å²) in [4.78, 5) is 21.3. The molecule has 1 aromatic rings. The smallest absolute Gasteiger partial charge is 0.314 e. The van der Waals surface area contributed by atoms with Crippen LogP contribution in [0.4, 0.5) is 4.79 Å². The summed E-state index contributed by atoms with van der Waals surface area (Å²) < 4.78 is 0. The second-order valence-corrected chi connectivity index (χ2v) is 2.22. The molecular weight excluding hydrogens is 160 g/mol. The molecule has 0 unspecified atom stereocenters. The molecule has 66 valence electrons. The van der Waals surface area contributed by atoms with Gasteiger partial charge in [-0.1, -0.05) is 0 Å². The van der Waals surface area contributed by atoms with Crippen LogP contribution in [-0.4, -0.2) is 23.3 Å². The van der Waals surface area contributed by atoms with Crippen molar-refractivity contribution < 1.29 is 4.79 Å². The van der Waals surface area contributed by atoms with Gasteiger partial charge in [-0.15, -0.1) is 0 Å². The maximum absolute atomic E-state index is 10.7. The summed E-state index contributed by atoms with van der Waals surface area (Å²) in [6.07, 6.45) is 0. The second kappa shape index (κ2) is 3.61. The second-order valence-electron chi connectivity index (χ2n) is 2.22. The van der Waals surface area contributed by atoms with E-state index in [-0.39, 0.29) is 11.6 Å². The van der Waals surface area contributed by atoms with Crippen LogP contribution < -0.4 is 16.2 Å². The number of amides is 2. The number of rotatable bonds is 2. The van der Waals surface area contributed by atoms with E-state index in [2.05, 4.69) is 20.8 Å². The molecule has 0 saturated carbocycles. The Bertz CT molecular complexity index is 313. The van der Waals surface area contributed by atoms with Crippen molar-refractivity contribution in [3.8, 4) is 0 Å². The highest BCUT2D eigenvalue weighted by Gasteiger charge is 1.98. The number of H-pyrrole nitrogens is 2. The van der Waals surface area contributed by atoms with Gasteiger partial charge in [0.25, 0.3) is 5.56 Å². The zero-order valence-electron chi connectivity index (χ0n) is 6.60. The Labute approximate surface area is 68.3 Å². The van der Waals surface area contributed by atoms with Crippen molar-refractivity contribution in [2.45, 2.75) is 6.54 Å². The summed E-state index contributed by atoms with van der Waals surface area (Å²) in [5.41, 5.74) is 0.437. The molecule has 4 N–H and O–H groups in total. The molecule has 1 aromatic heterocycles. The third kappa shape index (κ3) is 2.15. The predicted molar refractivity (Wildman–Crippen MR) is 42.7 cm³/mol. The Morgan fingerprint density at radius 1 is 1.58 bits per heavy atom. The number of nitrogens with one attached hydrogen (secondary N) is 4. The van der Waals surface area contributed by atoms with Gasteiger partial charge in [0, 0.05) is 13.1 Å². The highest BCUT2D eigenvalue weighted by Crippen LogP contribution is 1.84. The number of aromatic amines is 2. The molecule has 0 aromatic carbocycles. The first-order valence-corrected chi connectivity index (χ1v) is 3.44. The molecule has 6 heteroatoms. The van der Waals surface area contributed by atoms with Gasteiger partial charge in [-0.05, 0) is 0 Å². The van der Waals surface area contributed by atoms with Crippen LogP contribution in [0.1, 0.15) is 5.69 Å². The molecular formula is C6H10N4O2. The van der Waals surface area contributed by atoms with Crippen molar-refractivity contribution in [2.75, 3.05) is 7.05 Å². The normalized spacial score (nSPS) is 9.42. The Morgan fingerprint density at radius 3 is 2.83 bits per heavy atom. The van der Waals surface area contributed by atoms with E-state index in [4.69, 9.17) is 0 Å². The highest BCUT2D eigenvalue weighted by atomic mass is 16.2. The number of carbonyl (C=O) groups is 1. The third-order valence-electron chi connectivity index (χ3n) is 1.32. The van der Waals surface area contributed by atoms with Gasteiger partial charge >= 0.3 is 6.03 Å². The van der Waals surface area contributed by atoms with E-state index >= 15 is 0 Å². The molecule has 0 aliphatic carbocycles. The van der Waals surface area contributed by atoms with E-state index in [1.165, 1.54) is 13.1 Å². The summed E-state index contributed by atoms with van der Waals surface area (Å²) in [5, 5.41) is 9.87. The molecule has 12 heavy (non-hydrogen) atoms. The lowest BCUT2D eigenvalue weighted by molar-refractivity contribution is 0.242. The molecule has 0 atom stereocenters. The topological polar surface area (TPSA) is 89.8 Å². The Kier molecular flexibility index (Phi) is 2.52. The standard InChI is InChI=1S/C6H10N4O2/c1-7-6(12)8-3-4-2-5(11)10-9-4/h2H,3H2,1H3,(H2,7,8,12)(H2,9,10,11). The lowest BCUT2D eigenvalue weighted by Crippen LogP contribution is -2.32. The maximum atomic E-state index is 10.7. The van der Waals surface area contributed by atoms with Gasteiger partial charge in [0.1, 0.15) is 0 Å². The summed E-state index contributed by atoms with van der Waals surface area (Å²) in [6, 6.07) is 1.10. The van der Waals surface area contributed by atoms with Crippen molar-refractivity contribution in [2.24, 2.45) is 0 Å². The van der Waals surface area contributed by atoms with E-state index in [1.54, 1.807) is 0 Å². The third-order valence-corrected chi connectivity index (χ3v) is 1.32. The summed E-state index contributed by atoms with van der Waals surface area (Å²) in [5.74, 6) is 0. The fraction of sp³-hybridized carbons (Fsp3) is 0.333. The zero-order valence-corrected chi connectivity index (χ0v) is 6.60. The van der Waals surface area contributed by atoms with Gasteiger partial charge in [-0.2, -0.15) is 0 Å². The van der Waals surface area contributed by atoms with E-state index in [9.17, 15) is 9.59 Å². The van der Waals surface area contributed by atoms with Crippen molar-refractivity contribution in [1.82, 2.24) is 20.8 Å². The molecule has 0 aliphatic rings. The van der Waals surface area contributed by atoms with Crippen LogP contribution in [0, 0.1) is 0 Å². The van der Waals surface area contributed by atoms with Crippen LogP contribution in [0.15, 0.2) is 10.9 Å². The molecule has 0 radical (unpaired) electrons. The average molecular weight is 170 g/mol. The van der Waals surface area contributed by atoms with Crippen LogP contribution in [-0.2, 0) is 6.54 Å². The maximum Gasteiger partial charge on any atom is 0.314 e. The molecule has 0 fully saturated rings. The number of urea groups is 1. The number of hydrogen-bond acceptors (Lipinski definition) is 2. The van der Waals surface area contributed by atoms with Gasteiger partial charge in [0.05, 0.1) is 12.2 Å². The SMILES string of the molecule is CNC(=O)NCc1cc(=O)[nH][nH]1. The molecule has 6 nitrogen and oxygen atoms in total. The quantitative estimate of drug-likeness (QED) is 0.465. The summed E-state index contributed by atoms with van der Waals surface area (Å²) >= 11 is 0. The minimum Gasteiger partial charge on any atom is -0.341 e. The first-order chi connectivity index (χ1) is 5.72. The van der Waals surface area contributed by atoms with E-state index in [0.717, 1.165) is 0 Å². The highest BCUT2D eigenvalue weighted by molar-refractivity contribution is 5.73. The Hall–Kier alpha value is -1.72. The van der Waals surface area contributed by atoms with Gasteiger partial charge in [0.2, 0.25) is 0 Å². The molecule has 0 bridgehead atoms. The van der Waals surface area contributed by atoms with Crippen LogP contribution in [0.3, 0.4) is 0 Å². The van der Waals surface area contributed by atoms with Crippen LogP contribution >= 0.6 is 0 Å². The average Bonchev–Trinajstić information content (AvgIpc) is 2.47. The molecule has 0 spiro atoms. The lowest BCUT2D eigenvalue weighted by atomic mass is 10.4. The van der Waals surface area contributed by atoms with Crippen molar-refractivity contribution >= 4 is 6.03 Å². The van der Waals surface area contributed by atoms with Gasteiger partial charge in [0.15, 0.2) is 0 Å². The van der Waals surface area contributed by atoms with Crippen molar-refractivity contribution in [3.63, 3.8) is 0 Å². The molecule has 1 rings (SSSR count). The first-order valence-electron chi connectivity index (χ1n) is 3.44. The van der Waals surface area contributed by atoms with E-state index in [0.29, 0.717) is 12.2 Å². The van der Waals surface area contributed by atoms with Gasteiger partial charge in [-0.25, -0.2) is 4.79 Å². The number of carbonyl (C=O) groups excluding carboxylic acids is 1. The molecule has 0 aliphatic heterocycles. The van der Waals surface area contributed by atoms with Gasteiger partial charge < -0.3 is 15.7 Å². The Balaban J connectivity index is 2.43. The monoisotopic (exact) mass is 170 g/mol. The van der Waals surface area contributed by atoms with E-state index < -0.39 is 0 Å². The first kappa shape index (κ1) is 8.38. The minimum atomic E-state index is -0.281. The summed E-state index contributed by atoms with van der Waals surface area (Å²) in [7, 11) is 1.52. The lowest BCUT2D eigenvalue weighted by Gasteiger charge is -2.00. The van der Waals surface area contributed by atoms with Crippen molar-refractivity contribution in [3.05, 3.63) is 22.1 Å². The molecule has 1 heterocycles. The number of aromatic nitrogens is 2.